The zero-order valence-electron chi connectivity index (χ0n) is 15.4. The van der Waals surface area contributed by atoms with Crippen LogP contribution in [-0.2, 0) is 11.3 Å². The maximum absolute atomic E-state index is 12.2. The fourth-order valence-electron chi connectivity index (χ4n) is 2.56. The van der Waals surface area contributed by atoms with Crippen LogP contribution in [0.5, 0.6) is 0 Å². The van der Waals surface area contributed by atoms with E-state index in [2.05, 4.69) is 0 Å². The van der Waals surface area contributed by atoms with Gasteiger partial charge in [0.05, 0.1) is 11.3 Å². The van der Waals surface area contributed by atoms with Crippen LogP contribution < -0.4 is 5.23 Å². The number of carbonyl (C=O) groups excluding carboxylic acids is 2. The standard InChI is InChI=1S/C23H19NO5/c25-22(19-11-13-21(14-12-19)24(27)28)15-8-17-6-9-20(10-7-17)23(26)29-16-18-4-2-1-3-5-18/h1-15,27-28H,16H2/b15-8+. The Bertz CT molecular complexity index is 994. The molecule has 0 heterocycles. The van der Waals surface area contributed by atoms with Crippen molar-refractivity contribution >= 4 is 23.5 Å². The molecule has 0 atom stereocenters. The van der Waals surface area contributed by atoms with Crippen molar-refractivity contribution in [1.82, 2.24) is 0 Å². The molecule has 0 bridgehead atoms. The van der Waals surface area contributed by atoms with E-state index < -0.39 is 5.97 Å². The third-order valence-electron chi connectivity index (χ3n) is 4.17. The molecule has 0 unspecified atom stereocenters. The molecule has 0 radical (unpaired) electrons. The number of allylic oxidation sites excluding steroid dienone is 1. The van der Waals surface area contributed by atoms with Crippen molar-refractivity contribution in [2.24, 2.45) is 0 Å². The lowest BCUT2D eigenvalue weighted by molar-refractivity contribution is 0.0291. The van der Waals surface area contributed by atoms with Gasteiger partial charge in [-0.3, -0.25) is 15.2 Å². The normalized spacial score (nSPS) is 10.7. The number of anilines is 1. The van der Waals surface area contributed by atoms with Crippen LogP contribution in [0.2, 0.25) is 0 Å². The number of ketones is 1. The molecule has 0 fully saturated rings. The van der Waals surface area contributed by atoms with Crippen LogP contribution in [0, 0.1) is 0 Å². The maximum Gasteiger partial charge on any atom is 0.338 e. The lowest BCUT2D eigenvalue weighted by atomic mass is 10.1. The zero-order chi connectivity index (χ0) is 20.6. The van der Waals surface area contributed by atoms with Crippen LogP contribution in [0.25, 0.3) is 6.08 Å². The first kappa shape index (κ1) is 20.0. The van der Waals surface area contributed by atoms with Crippen molar-refractivity contribution in [1.29, 1.82) is 0 Å². The number of rotatable bonds is 7. The first-order valence-electron chi connectivity index (χ1n) is 8.84. The van der Waals surface area contributed by atoms with E-state index in [1.807, 2.05) is 30.3 Å². The molecule has 0 aliphatic heterocycles. The van der Waals surface area contributed by atoms with Gasteiger partial charge in [-0.05, 0) is 53.6 Å². The van der Waals surface area contributed by atoms with E-state index in [0.29, 0.717) is 11.1 Å². The van der Waals surface area contributed by atoms with Gasteiger partial charge in [-0.15, -0.1) is 5.23 Å². The molecule has 0 aliphatic rings. The number of carbonyl (C=O) groups is 2. The summed E-state index contributed by atoms with van der Waals surface area (Å²) in [5, 5.41) is 17.8. The van der Waals surface area contributed by atoms with Crippen molar-refractivity contribution in [3.8, 4) is 0 Å². The lowest BCUT2D eigenvalue weighted by Gasteiger charge is -2.07. The fourth-order valence-corrected chi connectivity index (χ4v) is 2.56. The molecule has 3 aromatic carbocycles. The summed E-state index contributed by atoms with van der Waals surface area (Å²) in [6, 6.07) is 22.0. The molecule has 0 aliphatic carbocycles. The second-order valence-corrected chi connectivity index (χ2v) is 6.22. The van der Waals surface area contributed by atoms with Crippen molar-refractivity contribution < 1.29 is 24.7 Å². The van der Waals surface area contributed by atoms with Crippen molar-refractivity contribution in [3.05, 3.63) is 107 Å². The minimum absolute atomic E-state index is 0.0174. The Morgan fingerprint density at radius 1 is 0.828 bits per heavy atom. The highest BCUT2D eigenvalue weighted by atomic mass is 16.8. The Labute approximate surface area is 167 Å². The first-order valence-corrected chi connectivity index (χ1v) is 8.84. The minimum atomic E-state index is -0.414. The van der Waals surface area contributed by atoms with Crippen molar-refractivity contribution in [3.63, 3.8) is 0 Å². The SMILES string of the molecule is O=C(/C=C/c1ccc(C(=O)OCc2ccccc2)cc1)c1ccc(N(O)O)cc1. The van der Waals surface area contributed by atoms with Gasteiger partial charge >= 0.3 is 5.97 Å². The second kappa shape index (κ2) is 9.45. The van der Waals surface area contributed by atoms with Crippen LogP contribution >= 0.6 is 0 Å². The molecule has 146 valence electrons. The molecule has 3 rings (SSSR count). The van der Waals surface area contributed by atoms with Gasteiger partial charge in [-0.2, -0.15) is 0 Å². The highest BCUT2D eigenvalue weighted by Crippen LogP contribution is 2.14. The summed E-state index contributed by atoms with van der Waals surface area (Å²) in [4.78, 5) is 24.3. The third kappa shape index (κ3) is 5.62. The van der Waals surface area contributed by atoms with Gasteiger partial charge in [0.15, 0.2) is 5.78 Å². The molecule has 0 saturated heterocycles. The monoisotopic (exact) mass is 389 g/mol. The quantitative estimate of drug-likeness (QED) is 0.267. The predicted octanol–water partition coefficient (Wildman–Crippen LogP) is 4.52. The summed E-state index contributed by atoms with van der Waals surface area (Å²) in [5.41, 5.74) is 2.66. The smallest absolute Gasteiger partial charge is 0.338 e. The Morgan fingerprint density at radius 3 is 2.07 bits per heavy atom. The Hall–Kier alpha value is -3.74. The number of hydrogen-bond donors (Lipinski definition) is 2. The van der Waals surface area contributed by atoms with Gasteiger partial charge in [-0.1, -0.05) is 48.5 Å². The molecule has 3 aromatic rings. The summed E-state index contributed by atoms with van der Waals surface area (Å²) < 4.78 is 5.29. The number of hydrogen-bond acceptors (Lipinski definition) is 6. The summed E-state index contributed by atoms with van der Waals surface area (Å²) in [6.07, 6.45) is 3.05. The molecular weight excluding hydrogens is 370 g/mol. The first-order chi connectivity index (χ1) is 14.0. The summed E-state index contributed by atoms with van der Waals surface area (Å²) in [5.74, 6) is -0.646. The maximum atomic E-state index is 12.2. The molecule has 0 aromatic heterocycles. The molecule has 29 heavy (non-hydrogen) atoms. The van der Waals surface area contributed by atoms with E-state index in [4.69, 9.17) is 15.2 Å². The fraction of sp³-hybridized carbons (Fsp3) is 0.0435. The van der Waals surface area contributed by atoms with E-state index in [9.17, 15) is 9.59 Å². The third-order valence-corrected chi connectivity index (χ3v) is 4.17. The van der Waals surface area contributed by atoms with Gasteiger partial charge in [0.25, 0.3) is 0 Å². The molecule has 6 heteroatoms. The Morgan fingerprint density at radius 2 is 1.45 bits per heavy atom. The molecule has 2 N–H and O–H groups in total. The van der Waals surface area contributed by atoms with Crippen LogP contribution in [-0.4, -0.2) is 22.2 Å². The second-order valence-electron chi connectivity index (χ2n) is 6.22. The molecule has 0 amide bonds. The number of benzene rings is 3. The minimum Gasteiger partial charge on any atom is -0.457 e. The molecule has 0 saturated carbocycles. The number of nitrogens with zero attached hydrogens (tertiary/aromatic N) is 1. The lowest BCUT2D eigenvalue weighted by Crippen LogP contribution is -2.10. The van der Waals surface area contributed by atoms with Gasteiger partial charge in [-0.25, -0.2) is 4.79 Å². The van der Waals surface area contributed by atoms with Crippen LogP contribution in [0.3, 0.4) is 0 Å². The van der Waals surface area contributed by atoms with E-state index >= 15 is 0 Å². The summed E-state index contributed by atoms with van der Waals surface area (Å²) >= 11 is 0. The summed E-state index contributed by atoms with van der Waals surface area (Å²) in [7, 11) is 0. The van der Waals surface area contributed by atoms with Gasteiger partial charge in [0.2, 0.25) is 0 Å². The van der Waals surface area contributed by atoms with Gasteiger partial charge in [0, 0.05) is 5.56 Å². The topological polar surface area (TPSA) is 87.1 Å². The predicted molar refractivity (Wildman–Crippen MR) is 108 cm³/mol. The van der Waals surface area contributed by atoms with Crippen molar-refractivity contribution in [2.75, 3.05) is 5.23 Å². The highest BCUT2D eigenvalue weighted by Gasteiger charge is 2.07. The largest absolute Gasteiger partial charge is 0.457 e. The van der Waals surface area contributed by atoms with E-state index in [1.165, 1.54) is 30.3 Å². The van der Waals surface area contributed by atoms with Crippen LogP contribution in [0.1, 0.15) is 31.8 Å². The number of esters is 1. The molecular formula is C23H19NO5. The van der Waals surface area contributed by atoms with Crippen molar-refractivity contribution in [2.45, 2.75) is 6.61 Å². The van der Waals surface area contributed by atoms with Crippen LogP contribution in [0.15, 0.2) is 84.9 Å². The molecule has 0 spiro atoms. The average Bonchev–Trinajstić information content (AvgIpc) is 2.77. The summed E-state index contributed by atoms with van der Waals surface area (Å²) in [6.45, 7) is 0.207. The van der Waals surface area contributed by atoms with E-state index in [-0.39, 0.29) is 23.3 Å². The Kier molecular flexibility index (Phi) is 6.52. The van der Waals surface area contributed by atoms with E-state index in [1.54, 1.807) is 30.3 Å². The number of ether oxygens (including phenoxy) is 1. The Balaban J connectivity index is 1.58. The van der Waals surface area contributed by atoms with Gasteiger partial charge in [0.1, 0.15) is 6.61 Å². The van der Waals surface area contributed by atoms with E-state index in [0.717, 1.165) is 11.1 Å². The average molecular weight is 389 g/mol. The van der Waals surface area contributed by atoms with Crippen LogP contribution in [0.4, 0.5) is 5.69 Å². The highest BCUT2D eigenvalue weighted by molar-refractivity contribution is 6.07. The molecule has 6 nitrogen and oxygen atoms in total. The zero-order valence-corrected chi connectivity index (χ0v) is 15.4. The van der Waals surface area contributed by atoms with Gasteiger partial charge < -0.3 is 4.74 Å².